The second-order valence-corrected chi connectivity index (χ2v) is 7.91. The van der Waals surface area contributed by atoms with Gasteiger partial charge in [0.2, 0.25) is 0 Å². The van der Waals surface area contributed by atoms with E-state index in [-0.39, 0.29) is 11.0 Å². The van der Waals surface area contributed by atoms with Crippen molar-refractivity contribution in [2.24, 2.45) is 0 Å². The van der Waals surface area contributed by atoms with Crippen molar-refractivity contribution in [3.8, 4) is 0 Å². The minimum Gasteiger partial charge on any atom is -0.462 e. The van der Waals surface area contributed by atoms with Crippen molar-refractivity contribution >= 4 is 23.5 Å². The van der Waals surface area contributed by atoms with E-state index in [2.05, 4.69) is 19.7 Å². The van der Waals surface area contributed by atoms with Gasteiger partial charge in [-0.05, 0) is 53.0 Å². The quantitative estimate of drug-likeness (QED) is 0.452. The highest BCUT2D eigenvalue weighted by molar-refractivity contribution is 8.00. The van der Waals surface area contributed by atoms with E-state index in [1.165, 1.54) is 11.8 Å². The van der Waals surface area contributed by atoms with Crippen molar-refractivity contribution in [3.63, 3.8) is 0 Å². The number of H-pyrrole nitrogens is 1. The highest BCUT2D eigenvalue weighted by Gasteiger charge is 2.31. The molecule has 2 aromatic rings. The third-order valence-corrected chi connectivity index (χ3v) is 5.62. The van der Waals surface area contributed by atoms with Gasteiger partial charge in [-0.15, -0.1) is 10.2 Å². The Kier molecular flexibility index (Phi) is 5.22. The van der Waals surface area contributed by atoms with Gasteiger partial charge >= 0.3 is 5.97 Å². The second kappa shape index (κ2) is 7.26. The zero-order valence-electron chi connectivity index (χ0n) is 15.8. The summed E-state index contributed by atoms with van der Waals surface area (Å²) in [5.41, 5.74) is 2.20. The van der Waals surface area contributed by atoms with Crippen LogP contribution in [0.15, 0.2) is 5.16 Å². The summed E-state index contributed by atoms with van der Waals surface area (Å²) in [7, 11) is 0. The summed E-state index contributed by atoms with van der Waals surface area (Å²) in [5.74, 6) is 0.419. The number of carbonyl (C=O) groups excluding carboxylic acids is 2. The van der Waals surface area contributed by atoms with Crippen LogP contribution in [0.5, 0.6) is 0 Å². The Balaban J connectivity index is 1.81. The first-order chi connectivity index (χ1) is 12.3. The van der Waals surface area contributed by atoms with Crippen LogP contribution >= 0.6 is 11.8 Å². The van der Waals surface area contributed by atoms with Gasteiger partial charge in [0.25, 0.3) is 0 Å². The Morgan fingerprint density at radius 1 is 1.31 bits per heavy atom. The van der Waals surface area contributed by atoms with Crippen LogP contribution in [0.25, 0.3) is 0 Å². The third-order valence-electron chi connectivity index (χ3n) is 4.56. The molecule has 1 aliphatic rings. The molecule has 140 valence electrons. The number of aromatic nitrogens is 4. The molecular weight excluding hydrogens is 352 g/mol. The van der Waals surface area contributed by atoms with Gasteiger partial charge in [-0.1, -0.05) is 11.8 Å². The molecule has 26 heavy (non-hydrogen) atoms. The summed E-state index contributed by atoms with van der Waals surface area (Å²) in [5, 5.41) is 8.82. The summed E-state index contributed by atoms with van der Waals surface area (Å²) < 4.78 is 7.21. The number of rotatable bonds is 7. The Morgan fingerprint density at radius 2 is 2.00 bits per heavy atom. The number of Topliss-reactive ketones (excluding diaryl/α,β-unsaturated/α-hetero) is 1. The zero-order valence-corrected chi connectivity index (χ0v) is 16.6. The number of ether oxygens (including phenoxy) is 1. The molecule has 1 N–H and O–H groups in total. The largest absolute Gasteiger partial charge is 0.462 e. The number of thioether (sulfide) groups is 1. The lowest BCUT2D eigenvalue weighted by atomic mass is 10.1. The van der Waals surface area contributed by atoms with Crippen LogP contribution in [-0.2, 0) is 4.74 Å². The summed E-state index contributed by atoms with van der Waals surface area (Å²) >= 11 is 1.41. The second-order valence-electron chi connectivity index (χ2n) is 6.60. The van der Waals surface area contributed by atoms with Crippen LogP contribution in [0.1, 0.15) is 70.7 Å². The summed E-state index contributed by atoms with van der Waals surface area (Å²) in [6, 6.07) is 0.458. The van der Waals surface area contributed by atoms with Gasteiger partial charge in [0.15, 0.2) is 10.9 Å². The lowest BCUT2D eigenvalue weighted by Gasteiger charge is -2.11. The fourth-order valence-corrected chi connectivity index (χ4v) is 4.13. The van der Waals surface area contributed by atoms with Crippen LogP contribution in [-0.4, -0.2) is 43.4 Å². The minimum atomic E-state index is -0.401. The van der Waals surface area contributed by atoms with Gasteiger partial charge in [-0.25, -0.2) is 4.79 Å². The first kappa shape index (κ1) is 18.7. The molecule has 0 bridgehead atoms. The number of hydrogen-bond acceptors (Lipinski definition) is 6. The first-order valence-electron chi connectivity index (χ1n) is 8.83. The number of nitrogens with one attached hydrogen (secondary N) is 1. The average molecular weight is 376 g/mol. The number of hydrogen-bond donors (Lipinski definition) is 1. The molecule has 2 heterocycles. The molecule has 3 rings (SSSR count). The van der Waals surface area contributed by atoms with Crippen LogP contribution < -0.4 is 0 Å². The van der Waals surface area contributed by atoms with Gasteiger partial charge in [-0.3, -0.25) is 4.79 Å². The van der Waals surface area contributed by atoms with E-state index in [4.69, 9.17) is 4.74 Å². The number of carbonyl (C=O) groups is 2. The van der Waals surface area contributed by atoms with Crippen LogP contribution in [0.4, 0.5) is 0 Å². The average Bonchev–Trinajstić information content (AvgIpc) is 3.29. The van der Waals surface area contributed by atoms with Crippen molar-refractivity contribution in [2.75, 3.05) is 6.61 Å². The predicted octanol–water partition coefficient (Wildman–Crippen LogP) is 3.41. The third kappa shape index (κ3) is 3.42. The van der Waals surface area contributed by atoms with Crippen molar-refractivity contribution in [3.05, 3.63) is 28.3 Å². The molecule has 0 unspecified atom stereocenters. The lowest BCUT2D eigenvalue weighted by Crippen LogP contribution is -2.16. The smallest absolute Gasteiger partial charge is 0.340 e. The van der Waals surface area contributed by atoms with Crippen molar-refractivity contribution in [1.82, 2.24) is 19.7 Å². The van der Waals surface area contributed by atoms with E-state index < -0.39 is 5.97 Å². The molecule has 8 heteroatoms. The summed E-state index contributed by atoms with van der Waals surface area (Å²) in [6.07, 6.45) is 2.26. The topological polar surface area (TPSA) is 89.9 Å². The summed E-state index contributed by atoms with van der Waals surface area (Å²) in [6.45, 7) is 9.41. The Morgan fingerprint density at radius 3 is 2.62 bits per heavy atom. The monoisotopic (exact) mass is 376 g/mol. The standard InChI is InChI=1S/C18H24N4O3S/c1-6-25-17(24)14-9(2)15(19-10(14)3)16(23)11(4)26-18-21-20-12(5)22(18)13-7-8-13/h11,13,19H,6-8H2,1-5H3/t11-/m0/s1. The molecule has 0 saturated heterocycles. The van der Waals surface area contributed by atoms with E-state index in [0.717, 1.165) is 23.8 Å². The Labute approximate surface area is 156 Å². The molecule has 0 spiro atoms. The molecule has 1 fully saturated rings. The minimum absolute atomic E-state index is 0.0610. The van der Waals surface area contributed by atoms with Crippen molar-refractivity contribution in [2.45, 2.75) is 63.9 Å². The molecule has 1 atom stereocenters. The molecule has 0 amide bonds. The first-order valence-corrected chi connectivity index (χ1v) is 9.71. The van der Waals surface area contributed by atoms with Gasteiger partial charge in [0.05, 0.1) is 23.1 Å². The van der Waals surface area contributed by atoms with E-state index >= 15 is 0 Å². The van der Waals surface area contributed by atoms with Crippen molar-refractivity contribution in [1.29, 1.82) is 0 Å². The molecule has 2 aromatic heterocycles. The fraction of sp³-hybridized carbons (Fsp3) is 0.556. The fourth-order valence-electron chi connectivity index (χ4n) is 3.10. The Hall–Kier alpha value is -2.09. The SMILES string of the molecule is CCOC(=O)c1c(C)[nH]c(C(=O)[C@H](C)Sc2nnc(C)n2C2CC2)c1C. The summed E-state index contributed by atoms with van der Waals surface area (Å²) in [4.78, 5) is 28.2. The van der Waals surface area contributed by atoms with Crippen LogP contribution in [0.2, 0.25) is 0 Å². The normalized spacial score (nSPS) is 15.1. The number of ketones is 1. The number of esters is 1. The van der Waals surface area contributed by atoms with E-state index in [9.17, 15) is 9.59 Å². The molecule has 7 nitrogen and oxygen atoms in total. The number of aromatic amines is 1. The molecule has 0 radical (unpaired) electrons. The maximum Gasteiger partial charge on any atom is 0.340 e. The van der Waals surface area contributed by atoms with E-state index in [0.29, 0.717) is 35.2 Å². The Bertz CT molecular complexity index is 851. The van der Waals surface area contributed by atoms with Crippen LogP contribution in [0, 0.1) is 20.8 Å². The maximum absolute atomic E-state index is 13.0. The van der Waals surface area contributed by atoms with Crippen molar-refractivity contribution < 1.29 is 14.3 Å². The number of nitrogens with zero attached hydrogens (tertiary/aromatic N) is 3. The maximum atomic E-state index is 13.0. The molecule has 1 saturated carbocycles. The van der Waals surface area contributed by atoms with Gasteiger partial charge in [0, 0.05) is 11.7 Å². The molecule has 0 aliphatic heterocycles. The molecular formula is C18H24N4O3S. The highest BCUT2D eigenvalue weighted by atomic mass is 32.2. The lowest BCUT2D eigenvalue weighted by molar-refractivity contribution is 0.0525. The van der Waals surface area contributed by atoms with Gasteiger partial charge in [0.1, 0.15) is 5.82 Å². The predicted molar refractivity (Wildman–Crippen MR) is 98.9 cm³/mol. The van der Waals surface area contributed by atoms with Gasteiger partial charge < -0.3 is 14.3 Å². The zero-order chi connectivity index (χ0) is 19.0. The number of aryl methyl sites for hydroxylation is 2. The van der Waals surface area contributed by atoms with Crippen LogP contribution in [0.3, 0.4) is 0 Å². The molecule has 1 aliphatic carbocycles. The van der Waals surface area contributed by atoms with E-state index in [1.807, 2.05) is 13.8 Å². The molecule has 0 aromatic carbocycles. The van der Waals surface area contributed by atoms with Gasteiger partial charge in [-0.2, -0.15) is 0 Å². The highest BCUT2D eigenvalue weighted by Crippen LogP contribution is 2.39. The van der Waals surface area contributed by atoms with E-state index in [1.54, 1.807) is 20.8 Å².